The fourth-order valence-corrected chi connectivity index (χ4v) is 2.34. The van der Waals surface area contributed by atoms with Crippen molar-refractivity contribution in [3.63, 3.8) is 0 Å². The molecule has 6 heteroatoms. The van der Waals surface area contributed by atoms with Gasteiger partial charge in [0.2, 0.25) is 0 Å². The summed E-state index contributed by atoms with van der Waals surface area (Å²) in [6.45, 7) is 0. The van der Waals surface area contributed by atoms with Crippen molar-refractivity contribution in [1.29, 1.82) is 0 Å². The van der Waals surface area contributed by atoms with Crippen LogP contribution in [0.25, 0.3) is 0 Å². The van der Waals surface area contributed by atoms with Crippen molar-refractivity contribution in [3.05, 3.63) is 94.2 Å². The lowest BCUT2D eigenvalue weighted by atomic mass is 10.0. The fourth-order valence-electron chi connectivity index (χ4n) is 2.34. The number of aromatic nitrogens is 1. The van der Waals surface area contributed by atoms with E-state index in [0.717, 1.165) is 11.1 Å². The van der Waals surface area contributed by atoms with Crippen LogP contribution in [-0.4, -0.2) is 22.7 Å². The van der Waals surface area contributed by atoms with E-state index in [1.54, 1.807) is 0 Å². The molecule has 123 valence electrons. The van der Waals surface area contributed by atoms with E-state index in [0.29, 0.717) is 5.71 Å². The highest BCUT2D eigenvalue weighted by molar-refractivity contribution is 6.13. The van der Waals surface area contributed by atoms with Gasteiger partial charge < -0.3 is 4.74 Å². The standard InChI is InChI=1S/C19H14N3O3/c1-25-19-17(22(23)24)12-16(13-20-19)21-18(14-8-4-2-5-9-14)15-10-6-3-7-11-15/h2-12H,1H3. The van der Waals surface area contributed by atoms with Crippen LogP contribution in [0.2, 0.25) is 0 Å². The smallest absolute Gasteiger partial charge is 0.333 e. The van der Waals surface area contributed by atoms with E-state index >= 15 is 0 Å². The molecule has 3 rings (SSSR count). The summed E-state index contributed by atoms with van der Waals surface area (Å²) in [6, 6.07) is 20.5. The van der Waals surface area contributed by atoms with Gasteiger partial charge in [-0.05, 0) is 0 Å². The first-order valence-corrected chi connectivity index (χ1v) is 7.49. The van der Waals surface area contributed by atoms with Gasteiger partial charge in [-0.3, -0.25) is 10.1 Å². The van der Waals surface area contributed by atoms with Crippen LogP contribution in [0.3, 0.4) is 0 Å². The van der Waals surface area contributed by atoms with Crippen molar-refractivity contribution in [3.8, 4) is 5.88 Å². The highest BCUT2D eigenvalue weighted by atomic mass is 16.6. The summed E-state index contributed by atoms with van der Waals surface area (Å²) in [6.07, 6.45) is 2.69. The monoisotopic (exact) mass is 332 g/mol. The van der Waals surface area contributed by atoms with Crippen LogP contribution in [0.4, 0.5) is 11.4 Å². The molecule has 3 aromatic rings. The number of hydrogen-bond acceptors (Lipinski definition) is 5. The second-order valence-electron chi connectivity index (χ2n) is 5.10. The molecule has 0 aliphatic rings. The number of aliphatic imine (C=N–C) groups is 1. The molecule has 0 fully saturated rings. The molecule has 1 aromatic heterocycles. The highest BCUT2D eigenvalue weighted by Crippen LogP contribution is 2.28. The van der Waals surface area contributed by atoms with E-state index in [-0.39, 0.29) is 17.3 Å². The Labute approximate surface area is 144 Å². The number of rotatable bonds is 5. The van der Waals surface area contributed by atoms with Crippen molar-refractivity contribution in [2.45, 2.75) is 0 Å². The van der Waals surface area contributed by atoms with E-state index in [1.165, 1.54) is 13.2 Å². The van der Waals surface area contributed by atoms with Gasteiger partial charge in [-0.2, -0.15) is 0 Å². The van der Waals surface area contributed by atoms with Crippen molar-refractivity contribution in [2.75, 3.05) is 7.11 Å². The zero-order valence-electron chi connectivity index (χ0n) is 13.4. The van der Waals surface area contributed by atoms with Crippen molar-refractivity contribution < 1.29 is 9.66 Å². The average molecular weight is 332 g/mol. The number of hydrogen-bond donors (Lipinski definition) is 0. The predicted molar refractivity (Wildman–Crippen MR) is 94.5 cm³/mol. The normalized spacial score (nSPS) is 10.1. The number of benzene rings is 2. The molecule has 1 radical (unpaired) electrons. The molecule has 0 aliphatic heterocycles. The van der Waals surface area contributed by atoms with Gasteiger partial charge in [0.1, 0.15) is 6.20 Å². The third-order valence-electron chi connectivity index (χ3n) is 3.48. The molecule has 0 N–H and O–H groups in total. The maximum absolute atomic E-state index is 11.2. The fraction of sp³-hybridized carbons (Fsp3) is 0.0526. The van der Waals surface area contributed by atoms with Gasteiger partial charge in [0.15, 0.2) is 0 Å². The maximum atomic E-state index is 11.2. The summed E-state index contributed by atoms with van der Waals surface area (Å²) in [5.41, 5.74) is 2.47. The second kappa shape index (κ2) is 7.35. The Morgan fingerprint density at radius 2 is 1.64 bits per heavy atom. The first-order valence-electron chi connectivity index (χ1n) is 7.49. The van der Waals surface area contributed by atoms with Gasteiger partial charge in [0.05, 0.1) is 23.4 Å². The molecule has 6 nitrogen and oxygen atoms in total. The Bertz CT molecular complexity index is 868. The van der Waals surface area contributed by atoms with Gasteiger partial charge >= 0.3 is 5.69 Å². The maximum Gasteiger partial charge on any atom is 0.333 e. The minimum atomic E-state index is -0.552. The van der Waals surface area contributed by atoms with Crippen LogP contribution in [0.15, 0.2) is 71.7 Å². The topological polar surface area (TPSA) is 77.6 Å². The van der Waals surface area contributed by atoms with Crippen LogP contribution < -0.4 is 4.74 Å². The Balaban J connectivity index is 2.14. The number of nitro groups is 1. The largest absolute Gasteiger partial charge is 0.476 e. The molecular formula is C19H14N3O3. The number of pyridine rings is 1. The first kappa shape index (κ1) is 16.3. The van der Waals surface area contributed by atoms with Crippen molar-refractivity contribution >= 4 is 17.1 Å². The van der Waals surface area contributed by atoms with Crippen LogP contribution >= 0.6 is 0 Å². The summed E-state index contributed by atoms with van der Waals surface area (Å²) in [4.78, 5) is 19.0. The van der Waals surface area contributed by atoms with Gasteiger partial charge in [0, 0.05) is 17.2 Å². The second-order valence-corrected chi connectivity index (χ2v) is 5.10. The lowest BCUT2D eigenvalue weighted by molar-refractivity contribution is -0.386. The molecule has 2 aromatic carbocycles. The van der Waals surface area contributed by atoms with Gasteiger partial charge in [-0.15, -0.1) is 0 Å². The Morgan fingerprint density at radius 3 is 2.12 bits per heavy atom. The molecule has 0 bridgehead atoms. The summed E-state index contributed by atoms with van der Waals surface area (Å²) >= 11 is 0. The molecule has 1 heterocycles. The number of nitrogens with zero attached hydrogens (tertiary/aromatic N) is 3. The number of methoxy groups -OCH3 is 1. The third kappa shape index (κ3) is 3.69. The summed E-state index contributed by atoms with van der Waals surface area (Å²) < 4.78 is 4.90. The van der Waals surface area contributed by atoms with Crippen LogP contribution in [0.1, 0.15) is 11.1 Å². The minimum absolute atomic E-state index is 0.0927. The molecule has 0 aliphatic carbocycles. The molecule has 0 unspecified atom stereocenters. The van der Waals surface area contributed by atoms with E-state index in [1.807, 2.05) is 60.7 Å². The summed E-state index contributed by atoms with van der Waals surface area (Å²) in [7, 11) is 1.32. The Hall–Kier alpha value is -3.54. The summed E-state index contributed by atoms with van der Waals surface area (Å²) in [5, 5.41) is 11.2. The number of ether oxygens (including phenoxy) is 1. The van der Waals surface area contributed by atoms with Gasteiger partial charge in [-0.1, -0.05) is 60.7 Å². The minimum Gasteiger partial charge on any atom is -0.476 e. The van der Waals surface area contributed by atoms with Crippen molar-refractivity contribution in [2.24, 2.45) is 4.99 Å². The zero-order chi connectivity index (χ0) is 17.6. The SMILES string of the molecule is COc1n[c]c(N=C(c2ccccc2)c2ccccc2)cc1[N+](=O)[O-]. The molecule has 0 saturated heterocycles. The average Bonchev–Trinajstić information content (AvgIpc) is 2.67. The third-order valence-corrected chi connectivity index (χ3v) is 3.48. The van der Waals surface area contributed by atoms with E-state index < -0.39 is 4.92 Å². The van der Waals surface area contributed by atoms with Crippen molar-refractivity contribution in [1.82, 2.24) is 4.98 Å². The lowest BCUT2D eigenvalue weighted by Gasteiger charge is -2.08. The van der Waals surface area contributed by atoms with E-state index in [4.69, 9.17) is 4.74 Å². The molecular weight excluding hydrogens is 318 g/mol. The lowest BCUT2D eigenvalue weighted by Crippen LogP contribution is -2.03. The van der Waals surface area contributed by atoms with Crippen LogP contribution in [0, 0.1) is 16.3 Å². The molecule has 0 saturated carbocycles. The molecule has 0 amide bonds. The zero-order valence-corrected chi connectivity index (χ0v) is 13.4. The predicted octanol–water partition coefficient (Wildman–Crippen LogP) is 3.97. The van der Waals surface area contributed by atoms with Crippen LogP contribution in [0.5, 0.6) is 5.88 Å². The quantitative estimate of drug-likeness (QED) is 0.402. The first-order chi connectivity index (χ1) is 12.2. The molecule has 0 atom stereocenters. The highest BCUT2D eigenvalue weighted by Gasteiger charge is 2.18. The molecule has 0 spiro atoms. The Morgan fingerprint density at radius 1 is 1.08 bits per heavy atom. The molecule has 25 heavy (non-hydrogen) atoms. The van der Waals surface area contributed by atoms with E-state index in [9.17, 15) is 10.1 Å². The Kier molecular flexibility index (Phi) is 4.80. The summed E-state index contributed by atoms with van der Waals surface area (Å²) in [5.74, 6) is -0.0927. The van der Waals surface area contributed by atoms with Gasteiger partial charge in [-0.25, -0.2) is 9.98 Å². The van der Waals surface area contributed by atoms with E-state index in [2.05, 4.69) is 16.2 Å². The van der Waals surface area contributed by atoms with Crippen LogP contribution in [-0.2, 0) is 0 Å². The van der Waals surface area contributed by atoms with Gasteiger partial charge in [0.25, 0.3) is 5.88 Å².